The fourth-order valence-corrected chi connectivity index (χ4v) is 2.87. The van der Waals surface area contributed by atoms with Crippen LogP contribution in [0.25, 0.3) is 0 Å². The Labute approximate surface area is 174 Å². The second-order valence-corrected chi connectivity index (χ2v) is 8.30. The van der Waals surface area contributed by atoms with E-state index in [0.717, 1.165) is 17.3 Å². The molecule has 0 fully saturated rings. The molecule has 0 spiro atoms. The lowest BCUT2D eigenvalue weighted by molar-refractivity contribution is -0.139. The number of carboxylic acid groups (broad SMARTS) is 1. The Hall–Kier alpha value is -2.75. The molecule has 9 nitrogen and oxygen atoms in total. The summed E-state index contributed by atoms with van der Waals surface area (Å²) in [7, 11) is 0. The van der Waals surface area contributed by atoms with Gasteiger partial charge in [-0.1, -0.05) is 30.3 Å². The highest BCUT2D eigenvalue weighted by Gasteiger charge is 2.21. The van der Waals surface area contributed by atoms with Crippen LogP contribution < -0.4 is 16.0 Å². The summed E-state index contributed by atoms with van der Waals surface area (Å²) >= 11 is 1.16. The number of amides is 4. The molecule has 29 heavy (non-hydrogen) atoms. The predicted octanol–water partition coefficient (Wildman–Crippen LogP) is 2.11. The Morgan fingerprint density at radius 2 is 1.79 bits per heavy atom. The molecule has 160 valence electrons. The molecule has 0 saturated heterocycles. The number of imide groups is 1. The lowest BCUT2D eigenvalue weighted by atomic mass is 10.1. The Morgan fingerprint density at radius 3 is 2.38 bits per heavy atom. The number of hydrogen-bond acceptors (Lipinski definition) is 6. The fraction of sp³-hybridized carbons (Fsp3) is 0.474. The SMILES string of the molecule is CC(C)(C)NC(=O)NC(=O)CSCCC(NC(=O)OCc1ccccc1)C(=O)O. The van der Waals surface area contributed by atoms with Crippen molar-refractivity contribution in [2.45, 2.75) is 45.4 Å². The van der Waals surface area contributed by atoms with Crippen molar-refractivity contribution in [2.24, 2.45) is 0 Å². The van der Waals surface area contributed by atoms with E-state index in [1.807, 2.05) is 6.07 Å². The molecule has 4 amide bonds. The van der Waals surface area contributed by atoms with Crippen molar-refractivity contribution in [2.75, 3.05) is 11.5 Å². The van der Waals surface area contributed by atoms with Crippen molar-refractivity contribution >= 4 is 35.8 Å². The minimum absolute atomic E-state index is 0.0116. The van der Waals surface area contributed by atoms with E-state index in [-0.39, 0.29) is 18.8 Å². The summed E-state index contributed by atoms with van der Waals surface area (Å²) in [6, 6.07) is 7.27. The van der Waals surface area contributed by atoms with Gasteiger partial charge in [-0.15, -0.1) is 0 Å². The van der Waals surface area contributed by atoms with E-state index in [4.69, 9.17) is 4.74 Å². The highest BCUT2D eigenvalue weighted by Crippen LogP contribution is 2.07. The zero-order valence-electron chi connectivity index (χ0n) is 16.7. The van der Waals surface area contributed by atoms with E-state index in [0.29, 0.717) is 5.75 Å². The van der Waals surface area contributed by atoms with Crippen LogP contribution in [0.1, 0.15) is 32.8 Å². The van der Waals surface area contributed by atoms with Crippen LogP contribution in [0.2, 0.25) is 0 Å². The number of aliphatic carboxylic acids is 1. The number of carbonyl (C=O) groups excluding carboxylic acids is 3. The molecule has 1 unspecified atom stereocenters. The molecule has 0 aliphatic rings. The lowest BCUT2D eigenvalue weighted by Gasteiger charge is -2.20. The van der Waals surface area contributed by atoms with Gasteiger partial charge in [0.25, 0.3) is 0 Å². The van der Waals surface area contributed by atoms with Gasteiger partial charge >= 0.3 is 18.1 Å². The van der Waals surface area contributed by atoms with Crippen LogP contribution in [-0.4, -0.2) is 52.2 Å². The van der Waals surface area contributed by atoms with Crippen LogP contribution in [0.3, 0.4) is 0 Å². The number of carbonyl (C=O) groups is 4. The Balaban J connectivity index is 2.30. The summed E-state index contributed by atoms with van der Waals surface area (Å²) < 4.78 is 5.01. The average Bonchev–Trinajstić information content (AvgIpc) is 2.61. The van der Waals surface area contributed by atoms with Crippen molar-refractivity contribution < 1.29 is 29.0 Å². The molecule has 1 atom stereocenters. The number of thioether (sulfide) groups is 1. The average molecular weight is 426 g/mol. The number of benzene rings is 1. The van der Waals surface area contributed by atoms with Gasteiger partial charge in [-0.2, -0.15) is 11.8 Å². The maximum Gasteiger partial charge on any atom is 0.408 e. The van der Waals surface area contributed by atoms with Gasteiger partial charge in [0.15, 0.2) is 0 Å². The van der Waals surface area contributed by atoms with Gasteiger partial charge in [-0.3, -0.25) is 10.1 Å². The maximum atomic E-state index is 11.8. The molecular weight excluding hydrogens is 398 g/mol. The summed E-state index contributed by atoms with van der Waals surface area (Å²) in [6.45, 7) is 5.39. The summed E-state index contributed by atoms with van der Waals surface area (Å²) in [4.78, 5) is 46.4. The summed E-state index contributed by atoms with van der Waals surface area (Å²) in [5.41, 5.74) is 0.319. The van der Waals surface area contributed by atoms with Crippen molar-refractivity contribution in [1.82, 2.24) is 16.0 Å². The smallest absolute Gasteiger partial charge is 0.408 e. The van der Waals surface area contributed by atoms with Gasteiger partial charge in [0, 0.05) is 5.54 Å². The largest absolute Gasteiger partial charge is 0.480 e. The molecule has 0 heterocycles. The van der Waals surface area contributed by atoms with Crippen LogP contribution >= 0.6 is 11.8 Å². The third-order valence-electron chi connectivity index (χ3n) is 3.33. The molecule has 0 aliphatic carbocycles. The summed E-state index contributed by atoms with van der Waals surface area (Å²) in [5.74, 6) is -1.40. The molecule has 1 aromatic carbocycles. The van der Waals surface area contributed by atoms with Crippen LogP contribution in [0.4, 0.5) is 9.59 Å². The quantitative estimate of drug-likeness (QED) is 0.445. The molecule has 0 bridgehead atoms. The third-order valence-corrected chi connectivity index (χ3v) is 4.32. The fourth-order valence-electron chi connectivity index (χ4n) is 2.07. The highest BCUT2D eigenvalue weighted by molar-refractivity contribution is 7.99. The minimum Gasteiger partial charge on any atom is -0.480 e. The molecule has 1 aromatic rings. The van der Waals surface area contributed by atoms with E-state index in [1.54, 1.807) is 45.0 Å². The predicted molar refractivity (Wildman–Crippen MR) is 110 cm³/mol. The van der Waals surface area contributed by atoms with Crippen LogP contribution in [-0.2, 0) is 20.9 Å². The Bertz CT molecular complexity index is 706. The van der Waals surface area contributed by atoms with Crippen molar-refractivity contribution in [3.63, 3.8) is 0 Å². The molecule has 1 rings (SSSR count). The van der Waals surface area contributed by atoms with Gasteiger partial charge in [0.05, 0.1) is 5.75 Å². The van der Waals surface area contributed by atoms with E-state index in [1.165, 1.54) is 0 Å². The minimum atomic E-state index is -1.20. The first-order chi connectivity index (χ1) is 13.6. The molecule has 0 radical (unpaired) electrons. The van der Waals surface area contributed by atoms with E-state index in [9.17, 15) is 24.3 Å². The molecular formula is C19H27N3O6S. The zero-order chi connectivity index (χ0) is 21.9. The number of nitrogens with one attached hydrogen (secondary N) is 3. The maximum absolute atomic E-state index is 11.8. The third kappa shape index (κ3) is 11.6. The van der Waals surface area contributed by atoms with Crippen LogP contribution in [0.5, 0.6) is 0 Å². The molecule has 10 heteroatoms. The molecule has 0 saturated carbocycles. The number of urea groups is 1. The lowest BCUT2D eigenvalue weighted by Crippen LogP contribution is -2.48. The van der Waals surface area contributed by atoms with E-state index in [2.05, 4.69) is 16.0 Å². The summed E-state index contributed by atoms with van der Waals surface area (Å²) in [6.07, 6.45) is -0.732. The van der Waals surface area contributed by atoms with Gasteiger partial charge in [0.1, 0.15) is 12.6 Å². The van der Waals surface area contributed by atoms with Gasteiger partial charge in [-0.25, -0.2) is 14.4 Å². The number of carboxylic acids is 1. The second kappa shape index (κ2) is 11.9. The molecule has 0 aromatic heterocycles. The first-order valence-corrected chi connectivity index (χ1v) is 10.1. The van der Waals surface area contributed by atoms with Crippen molar-refractivity contribution in [3.05, 3.63) is 35.9 Å². The topological polar surface area (TPSA) is 134 Å². The molecule has 4 N–H and O–H groups in total. The number of hydrogen-bond donors (Lipinski definition) is 4. The molecule has 0 aliphatic heterocycles. The van der Waals surface area contributed by atoms with Gasteiger partial charge in [0.2, 0.25) is 5.91 Å². The first-order valence-electron chi connectivity index (χ1n) is 8.96. The monoisotopic (exact) mass is 425 g/mol. The standard InChI is InChI=1S/C19H27N3O6S/c1-19(2,3)22-17(26)21-15(23)12-29-10-9-14(16(24)25)20-18(27)28-11-13-7-5-4-6-8-13/h4-8,14H,9-12H2,1-3H3,(H,20,27)(H,24,25)(H2,21,22,23,26). The normalized spacial score (nSPS) is 11.8. The van der Waals surface area contributed by atoms with Gasteiger partial charge < -0.3 is 20.5 Å². The van der Waals surface area contributed by atoms with Crippen molar-refractivity contribution in [1.29, 1.82) is 0 Å². The Kier molecular flexibility index (Phi) is 10.0. The van der Waals surface area contributed by atoms with Crippen LogP contribution in [0.15, 0.2) is 30.3 Å². The Morgan fingerprint density at radius 1 is 1.14 bits per heavy atom. The van der Waals surface area contributed by atoms with Crippen molar-refractivity contribution in [3.8, 4) is 0 Å². The van der Waals surface area contributed by atoms with E-state index < -0.39 is 35.6 Å². The highest BCUT2D eigenvalue weighted by atomic mass is 32.2. The van der Waals surface area contributed by atoms with E-state index >= 15 is 0 Å². The number of rotatable bonds is 9. The summed E-state index contributed by atoms with van der Waals surface area (Å²) in [5, 5.41) is 16.3. The number of ether oxygens (including phenoxy) is 1. The first kappa shape index (κ1) is 24.3. The zero-order valence-corrected chi connectivity index (χ0v) is 17.5. The van der Waals surface area contributed by atoms with Gasteiger partial charge in [-0.05, 0) is 38.5 Å². The van der Waals surface area contributed by atoms with Crippen LogP contribution in [0, 0.1) is 0 Å². The number of alkyl carbamates (subject to hydrolysis) is 1. The second-order valence-electron chi connectivity index (χ2n) is 7.19.